The van der Waals surface area contributed by atoms with Gasteiger partial charge in [-0.3, -0.25) is 4.72 Å². The average Bonchev–Trinajstić information content (AvgIpc) is 2.64. The molecule has 140 valence electrons. The first kappa shape index (κ1) is 19.4. The average molecular weight is 424 g/mol. The highest BCUT2D eigenvalue weighted by atomic mass is 35.5. The maximum Gasteiger partial charge on any atom is 0.262 e. The van der Waals surface area contributed by atoms with Crippen molar-refractivity contribution in [1.29, 1.82) is 0 Å². The summed E-state index contributed by atoms with van der Waals surface area (Å²) in [5, 5.41) is 0.806. The monoisotopic (exact) mass is 423 g/mol. The molecule has 3 rings (SSSR count). The Morgan fingerprint density at radius 2 is 1.52 bits per heavy atom. The zero-order valence-corrected chi connectivity index (χ0v) is 16.5. The van der Waals surface area contributed by atoms with Crippen molar-refractivity contribution in [2.75, 3.05) is 11.8 Å². The van der Waals surface area contributed by atoms with E-state index in [-0.39, 0.29) is 10.6 Å². The van der Waals surface area contributed by atoms with Crippen LogP contribution in [0.1, 0.15) is 0 Å². The summed E-state index contributed by atoms with van der Waals surface area (Å²) in [7, 11) is -2.30. The molecule has 0 heterocycles. The van der Waals surface area contributed by atoms with E-state index in [1.165, 1.54) is 30.3 Å². The molecule has 0 saturated heterocycles. The zero-order valence-electron chi connectivity index (χ0n) is 14.1. The van der Waals surface area contributed by atoms with Crippen molar-refractivity contribution >= 4 is 38.9 Å². The predicted molar refractivity (Wildman–Crippen MR) is 107 cm³/mol. The first-order valence-electron chi connectivity index (χ1n) is 7.77. The maximum absolute atomic E-state index is 12.7. The fourth-order valence-electron chi connectivity index (χ4n) is 2.28. The van der Waals surface area contributed by atoms with E-state index in [9.17, 15) is 8.42 Å². The van der Waals surface area contributed by atoms with Gasteiger partial charge in [0.25, 0.3) is 10.0 Å². The van der Waals surface area contributed by atoms with Crippen LogP contribution in [0.4, 0.5) is 5.69 Å². The molecule has 0 aliphatic rings. The van der Waals surface area contributed by atoms with Crippen LogP contribution in [-0.4, -0.2) is 15.5 Å². The molecular formula is C19H15Cl2NO4S. The predicted octanol–water partition coefficient (Wildman–Crippen LogP) is 5.60. The van der Waals surface area contributed by atoms with Crippen molar-refractivity contribution < 1.29 is 17.9 Å². The number of ether oxygens (including phenoxy) is 2. The minimum Gasteiger partial charge on any atom is -0.497 e. The molecule has 8 heteroatoms. The van der Waals surface area contributed by atoms with Crippen LogP contribution in [0.25, 0.3) is 0 Å². The molecule has 0 aliphatic carbocycles. The summed E-state index contributed by atoms with van der Waals surface area (Å²) in [6.07, 6.45) is 0. The molecule has 0 aliphatic heterocycles. The normalized spacial score (nSPS) is 11.1. The third-order valence-corrected chi connectivity index (χ3v) is 5.45. The van der Waals surface area contributed by atoms with Gasteiger partial charge >= 0.3 is 0 Å². The van der Waals surface area contributed by atoms with E-state index in [2.05, 4.69) is 4.72 Å². The Hall–Kier alpha value is -2.41. The number of nitrogens with one attached hydrogen (secondary N) is 1. The van der Waals surface area contributed by atoms with Gasteiger partial charge in [0.15, 0.2) is 5.75 Å². The minimum absolute atomic E-state index is 0.0687. The molecule has 5 nitrogen and oxygen atoms in total. The minimum atomic E-state index is -3.85. The molecule has 0 bridgehead atoms. The van der Waals surface area contributed by atoms with Gasteiger partial charge in [0, 0.05) is 16.1 Å². The quantitative estimate of drug-likeness (QED) is 0.560. The lowest BCUT2D eigenvalue weighted by molar-refractivity contribution is 0.409. The van der Waals surface area contributed by atoms with E-state index < -0.39 is 10.0 Å². The summed E-state index contributed by atoms with van der Waals surface area (Å²) in [6.45, 7) is 0. The van der Waals surface area contributed by atoms with Crippen molar-refractivity contribution in [3.8, 4) is 17.2 Å². The largest absolute Gasteiger partial charge is 0.497 e. The van der Waals surface area contributed by atoms with Gasteiger partial charge in [-0.2, -0.15) is 0 Å². The summed E-state index contributed by atoms with van der Waals surface area (Å²) >= 11 is 11.9. The fourth-order valence-corrected chi connectivity index (χ4v) is 3.64. The molecule has 0 fully saturated rings. The number of halogens is 2. The first-order chi connectivity index (χ1) is 12.9. The number of sulfonamides is 1. The smallest absolute Gasteiger partial charge is 0.262 e. The number of methoxy groups -OCH3 is 1. The van der Waals surface area contributed by atoms with E-state index >= 15 is 0 Å². The van der Waals surface area contributed by atoms with Crippen LogP contribution >= 0.6 is 23.2 Å². The molecular weight excluding hydrogens is 409 g/mol. The van der Waals surface area contributed by atoms with E-state index in [1.807, 2.05) is 0 Å². The van der Waals surface area contributed by atoms with Gasteiger partial charge in [-0.05, 0) is 54.6 Å². The van der Waals surface area contributed by atoms with E-state index in [1.54, 1.807) is 43.5 Å². The molecule has 0 saturated carbocycles. The lowest BCUT2D eigenvalue weighted by atomic mass is 10.3. The molecule has 27 heavy (non-hydrogen) atoms. The highest BCUT2D eigenvalue weighted by molar-refractivity contribution is 7.92. The molecule has 1 N–H and O–H groups in total. The van der Waals surface area contributed by atoms with Crippen molar-refractivity contribution in [2.24, 2.45) is 0 Å². The Balaban J connectivity index is 1.93. The molecule has 0 aromatic heterocycles. The molecule has 0 amide bonds. The molecule has 3 aromatic carbocycles. The third kappa shape index (κ3) is 4.86. The van der Waals surface area contributed by atoms with Crippen molar-refractivity contribution in [3.63, 3.8) is 0 Å². The first-order valence-corrected chi connectivity index (χ1v) is 10.0. The van der Waals surface area contributed by atoms with Crippen molar-refractivity contribution in [3.05, 3.63) is 76.8 Å². The Bertz CT molecular complexity index is 1050. The molecule has 0 unspecified atom stereocenters. The van der Waals surface area contributed by atoms with Crippen LogP contribution in [0.15, 0.2) is 71.6 Å². The highest BCUT2D eigenvalue weighted by Gasteiger charge is 2.17. The highest BCUT2D eigenvalue weighted by Crippen LogP contribution is 2.34. The summed E-state index contributed by atoms with van der Waals surface area (Å²) in [5.74, 6) is 1.40. The maximum atomic E-state index is 12.7. The molecule has 3 aromatic rings. The SMILES string of the molecule is COc1cccc(Oc2ccc(Cl)cc2NS(=O)(=O)c2ccc(Cl)cc2)c1. The number of hydrogen-bond donors (Lipinski definition) is 1. The van der Waals surface area contributed by atoms with Crippen LogP contribution in [0, 0.1) is 0 Å². The third-order valence-electron chi connectivity index (χ3n) is 3.58. The lowest BCUT2D eigenvalue weighted by Crippen LogP contribution is -2.13. The van der Waals surface area contributed by atoms with E-state index in [0.717, 1.165) is 0 Å². The van der Waals surface area contributed by atoms with Gasteiger partial charge in [-0.25, -0.2) is 8.42 Å². The summed E-state index contributed by atoms with van der Waals surface area (Å²) in [5.41, 5.74) is 0.209. The molecule has 0 radical (unpaired) electrons. The van der Waals surface area contributed by atoms with Gasteiger partial charge in [0.2, 0.25) is 0 Å². The summed E-state index contributed by atoms with van der Waals surface area (Å²) in [6, 6.07) is 17.5. The van der Waals surface area contributed by atoms with Gasteiger partial charge < -0.3 is 9.47 Å². The Morgan fingerprint density at radius 1 is 0.852 bits per heavy atom. The Labute approximate surface area is 167 Å². The summed E-state index contributed by atoms with van der Waals surface area (Å²) in [4.78, 5) is 0.0687. The van der Waals surface area contributed by atoms with Crippen LogP contribution in [0.3, 0.4) is 0 Å². The second kappa shape index (κ2) is 8.08. The van der Waals surface area contributed by atoms with E-state index in [0.29, 0.717) is 27.3 Å². The van der Waals surface area contributed by atoms with Crippen molar-refractivity contribution in [1.82, 2.24) is 0 Å². The van der Waals surface area contributed by atoms with Crippen LogP contribution in [-0.2, 0) is 10.0 Å². The number of rotatable bonds is 6. The van der Waals surface area contributed by atoms with Crippen LogP contribution < -0.4 is 14.2 Å². The van der Waals surface area contributed by atoms with Gasteiger partial charge in [-0.15, -0.1) is 0 Å². The van der Waals surface area contributed by atoms with Crippen LogP contribution in [0.5, 0.6) is 17.2 Å². The number of benzene rings is 3. The standard InChI is InChI=1S/C19H15Cl2NO4S/c1-25-15-3-2-4-16(12-15)26-19-10-7-14(21)11-18(19)22-27(23,24)17-8-5-13(20)6-9-17/h2-12,22H,1H3. The van der Waals surface area contributed by atoms with Gasteiger partial charge in [-0.1, -0.05) is 29.3 Å². The summed E-state index contributed by atoms with van der Waals surface area (Å²) < 4.78 is 38.8. The Morgan fingerprint density at radius 3 is 2.22 bits per heavy atom. The number of hydrogen-bond acceptors (Lipinski definition) is 4. The zero-order chi connectivity index (χ0) is 19.4. The fraction of sp³-hybridized carbons (Fsp3) is 0.0526. The topological polar surface area (TPSA) is 64.6 Å². The van der Waals surface area contributed by atoms with Gasteiger partial charge in [0.05, 0.1) is 17.7 Å². The number of anilines is 1. The molecule has 0 atom stereocenters. The van der Waals surface area contributed by atoms with Gasteiger partial charge in [0.1, 0.15) is 11.5 Å². The second-order valence-electron chi connectivity index (χ2n) is 5.48. The van der Waals surface area contributed by atoms with E-state index in [4.69, 9.17) is 32.7 Å². The molecule has 0 spiro atoms. The van der Waals surface area contributed by atoms with Crippen LogP contribution in [0.2, 0.25) is 10.0 Å². The van der Waals surface area contributed by atoms with Crippen molar-refractivity contribution in [2.45, 2.75) is 4.90 Å². The lowest BCUT2D eigenvalue weighted by Gasteiger charge is -2.14. The Kier molecular flexibility index (Phi) is 5.79. The second-order valence-corrected chi connectivity index (χ2v) is 8.04.